The van der Waals surface area contributed by atoms with Crippen molar-refractivity contribution in [1.82, 2.24) is 4.90 Å². The molecular formula is C18H21NO2. The zero-order valence-electron chi connectivity index (χ0n) is 12.3. The summed E-state index contributed by atoms with van der Waals surface area (Å²) >= 11 is 0. The van der Waals surface area contributed by atoms with Crippen molar-refractivity contribution in [2.45, 2.75) is 32.4 Å². The molecule has 1 aliphatic rings. The first kappa shape index (κ1) is 14.1. The van der Waals surface area contributed by atoms with Crippen molar-refractivity contribution in [1.29, 1.82) is 0 Å². The van der Waals surface area contributed by atoms with Crippen LogP contribution in [0.5, 0.6) is 0 Å². The monoisotopic (exact) mass is 283 g/mol. The molecule has 110 valence electrons. The molecule has 1 saturated heterocycles. The summed E-state index contributed by atoms with van der Waals surface area (Å²) in [6.45, 7) is 3.68. The van der Waals surface area contributed by atoms with Gasteiger partial charge in [-0.05, 0) is 42.2 Å². The normalized spacial score (nSPS) is 23.3. The van der Waals surface area contributed by atoms with Gasteiger partial charge in [-0.1, -0.05) is 36.4 Å². The van der Waals surface area contributed by atoms with Crippen LogP contribution in [0.1, 0.15) is 25.3 Å². The van der Waals surface area contributed by atoms with Gasteiger partial charge in [0.2, 0.25) is 0 Å². The van der Waals surface area contributed by atoms with E-state index in [9.17, 15) is 9.90 Å². The van der Waals surface area contributed by atoms with E-state index in [0.717, 1.165) is 19.4 Å². The van der Waals surface area contributed by atoms with E-state index in [4.69, 9.17) is 0 Å². The Bertz CT molecular complexity index is 652. The first-order valence-corrected chi connectivity index (χ1v) is 7.58. The predicted molar refractivity (Wildman–Crippen MR) is 84.2 cm³/mol. The topological polar surface area (TPSA) is 40.5 Å². The van der Waals surface area contributed by atoms with Gasteiger partial charge in [-0.3, -0.25) is 9.69 Å². The van der Waals surface area contributed by atoms with E-state index in [1.807, 2.05) is 6.07 Å². The van der Waals surface area contributed by atoms with Crippen LogP contribution < -0.4 is 0 Å². The number of piperidine rings is 1. The molecule has 0 aromatic heterocycles. The van der Waals surface area contributed by atoms with Crippen molar-refractivity contribution in [2.24, 2.45) is 5.92 Å². The van der Waals surface area contributed by atoms with Crippen molar-refractivity contribution in [3.05, 3.63) is 48.0 Å². The lowest BCUT2D eigenvalue weighted by Crippen LogP contribution is -2.43. The molecule has 3 rings (SSSR count). The van der Waals surface area contributed by atoms with Gasteiger partial charge >= 0.3 is 5.97 Å². The molecule has 1 heterocycles. The number of carboxylic acid groups (broad SMARTS) is 1. The van der Waals surface area contributed by atoms with Crippen LogP contribution in [0.25, 0.3) is 10.8 Å². The average molecular weight is 283 g/mol. The Hall–Kier alpha value is -1.87. The predicted octanol–water partition coefficient (Wildman–Crippen LogP) is 3.52. The number of hydrogen-bond donors (Lipinski definition) is 1. The van der Waals surface area contributed by atoms with Gasteiger partial charge < -0.3 is 5.11 Å². The van der Waals surface area contributed by atoms with Gasteiger partial charge in [-0.25, -0.2) is 0 Å². The van der Waals surface area contributed by atoms with E-state index < -0.39 is 5.97 Å². The van der Waals surface area contributed by atoms with Gasteiger partial charge in [0.1, 0.15) is 0 Å². The van der Waals surface area contributed by atoms with Crippen molar-refractivity contribution in [3.8, 4) is 0 Å². The van der Waals surface area contributed by atoms with Crippen LogP contribution in [0.4, 0.5) is 0 Å². The number of likely N-dealkylation sites (tertiary alicyclic amines) is 1. The Kier molecular flexibility index (Phi) is 3.93. The van der Waals surface area contributed by atoms with E-state index in [2.05, 4.69) is 48.2 Å². The molecule has 1 fully saturated rings. The summed E-state index contributed by atoms with van der Waals surface area (Å²) in [6.07, 6.45) is 1.76. The largest absolute Gasteiger partial charge is 0.481 e. The molecule has 2 atom stereocenters. The Morgan fingerprint density at radius 1 is 1.19 bits per heavy atom. The number of benzene rings is 2. The summed E-state index contributed by atoms with van der Waals surface area (Å²) < 4.78 is 0. The Balaban J connectivity index is 1.78. The number of carboxylic acids is 1. The molecule has 1 aliphatic heterocycles. The van der Waals surface area contributed by atoms with Crippen molar-refractivity contribution < 1.29 is 9.90 Å². The molecule has 0 amide bonds. The highest BCUT2D eigenvalue weighted by Crippen LogP contribution is 2.25. The van der Waals surface area contributed by atoms with E-state index in [1.165, 1.54) is 16.3 Å². The first-order valence-electron chi connectivity index (χ1n) is 7.58. The number of carbonyl (C=O) groups is 1. The number of fused-ring (bicyclic) bond motifs is 1. The number of aliphatic carboxylic acids is 1. The molecule has 2 unspecified atom stereocenters. The van der Waals surface area contributed by atoms with Crippen LogP contribution in [-0.2, 0) is 11.3 Å². The highest BCUT2D eigenvalue weighted by atomic mass is 16.4. The van der Waals surface area contributed by atoms with Crippen molar-refractivity contribution in [2.75, 3.05) is 6.54 Å². The Labute approximate surface area is 125 Å². The molecule has 3 heteroatoms. The summed E-state index contributed by atoms with van der Waals surface area (Å²) in [5.41, 5.74) is 1.26. The molecule has 0 spiro atoms. The molecular weight excluding hydrogens is 262 g/mol. The molecule has 2 aromatic rings. The third-order valence-electron chi connectivity index (χ3n) is 4.56. The maximum atomic E-state index is 11.2. The quantitative estimate of drug-likeness (QED) is 0.937. The lowest BCUT2D eigenvalue weighted by atomic mass is 9.93. The minimum atomic E-state index is -0.662. The molecule has 2 aromatic carbocycles. The number of hydrogen-bond acceptors (Lipinski definition) is 2. The lowest BCUT2D eigenvalue weighted by Gasteiger charge is -2.36. The van der Waals surface area contributed by atoms with E-state index >= 15 is 0 Å². The molecule has 0 saturated carbocycles. The summed E-state index contributed by atoms with van der Waals surface area (Å²) in [5.74, 6) is -0.882. The zero-order valence-corrected chi connectivity index (χ0v) is 12.3. The lowest BCUT2D eigenvalue weighted by molar-refractivity contribution is -0.144. The third-order valence-corrected chi connectivity index (χ3v) is 4.56. The van der Waals surface area contributed by atoms with E-state index in [0.29, 0.717) is 12.6 Å². The molecule has 21 heavy (non-hydrogen) atoms. The second-order valence-electron chi connectivity index (χ2n) is 6.07. The van der Waals surface area contributed by atoms with Gasteiger partial charge in [-0.2, -0.15) is 0 Å². The molecule has 0 aliphatic carbocycles. The van der Waals surface area contributed by atoms with Gasteiger partial charge in [-0.15, -0.1) is 0 Å². The summed E-state index contributed by atoms with van der Waals surface area (Å²) in [6, 6.07) is 15.3. The van der Waals surface area contributed by atoms with Gasteiger partial charge in [0.25, 0.3) is 0 Å². The minimum Gasteiger partial charge on any atom is -0.481 e. The maximum Gasteiger partial charge on any atom is 0.307 e. The second-order valence-corrected chi connectivity index (χ2v) is 6.07. The molecule has 1 N–H and O–H groups in total. The fourth-order valence-electron chi connectivity index (χ4n) is 3.17. The van der Waals surface area contributed by atoms with E-state index in [-0.39, 0.29) is 5.92 Å². The number of rotatable bonds is 3. The summed E-state index contributed by atoms with van der Waals surface area (Å²) in [7, 11) is 0. The van der Waals surface area contributed by atoms with Crippen LogP contribution in [-0.4, -0.2) is 28.6 Å². The van der Waals surface area contributed by atoms with Crippen LogP contribution in [0.15, 0.2) is 42.5 Å². The standard InChI is InChI=1S/C18H21NO2/c1-13-6-8-17(18(20)21)12-19(13)11-14-7-9-15-4-2-3-5-16(15)10-14/h2-5,7,9-10,13,17H,6,8,11-12H2,1H3,(H,20,21). The van der Waals surface area contributed by atoms with Crippen molar-refractivity contribution >= 4 is 16.7 Å². The minimum absolute atomic E-state index is 0.221. The Morgan fingerprint density at radius 2 is 1.95 bits per heavy atom. The smallest absolute Gasteiger partial charge is 0.307 e. The van der Waals surface area contributed by atoms with Gasteiger partial charge in [0.05, 0.1) is 5.92 Å². The van der Waals surface area contributed by atoms with Gasteiger partial charge in [0, 0.05) is 19.1 Å². The summed E-state index contributed by atoms with van der Waals surface area (Å²) in [5, 5.41) is 11.7. The zero-order chi connectivity index (χ0) is 14.8. The third kappa shape index (κ3) is 3.08. The number of nitrogens with zero attached hydrogens (tertiary/aromatic N) is 1. The van der Waals surface area contributed by atoms with E-state index in [1.54, 1.807) is 0 Å². The molecule has 0 radical (unpaired) electrons. The van der Waals surface area contributed by atoms with Crippen LogP contribution in [0.2, 0.25) is 0 Å². The highest BCUT2D eigenvalue weighted by Gasteiger charge is 2.29. The van der Waals surface area contributed by atoms with Crippen LogP contribution in [0, 0.1) is 5.92 Å². The maximum absolute atomic E-state index is 11.2. The van der Waals surface area contributed by atoms with Crippen LogP contribution in [0.3, 0.4) is 0 Å². The van der Waals surface area contributed by atoms with Crippen LogP contribution >= 0.6 is 0 Å². The average Bonchev–Trinajstić information content (AvgIpc) is 2.49. The SMILES string of the molecule is CC1CCC(C(=O)O)CN1Cc1ccc2ccccc2c1. The fourth-order valence-corrected chi connectivity index (χ4v) is 3.17. The van der Waals surface area contributed by atoms with Gasteiger partial charge in [0.15, 0.2) is 0 Å². The molecule has 3 nitrogen and oxygen atoms in total. The first-order chi connectivity index (χ1) is 10.1. The van der Waals surface area contributed by atoms with Crippen molar-refractivity contribution in [3.63, 3.8) is 0 Å². The highest BCUT2D eigenvalue weighted by molar-refractivity contribution is 5.82. The summed E-state index contributed by atoms with van der Waals surface area (Å²) in [4.78, 5) is 13.5. The fraction of sp³-hybridized carbons (Fsp3) is 0.389. The Morgan fingerprint density at radius 3 is 2.71 bits per heavy atom. The second kappa shape index (κ2) is 5.86. The molecule has 0 bridgehead atoms.